The van der Waals surface area contributed by atoms with Crippen LogP contribution in [0.3, 0.4) is 0 Å². The SMILES string of the molecule is COc1ccc2c(c1)[C@]1(C[C@H]1C1CCC3C(C1)NNC3c1ccc(CN3CCOCC3)cc1)C(=O)N2. The molecule has 1 amide bonds. The Bertz CT molecular complexity index is 1150. The monoisotopic (exact) mass is 488 g/mol. The molecule has 2 saturated carbocycles. The Morgan fingerprint density at radius 2 is 1.92 bits per heavy atom. The van der Waals surface area contributed by atoms with Crippen LogP contribution < -0.4 is 20.9 Å². The van der Waals surface area contributed by atoms with Crippen molar-refractivity contribution in [1.82, 2.24) is 15.8 Å². The number of fused-ring (bicyclic) bond motifs is 3. The van der Waals surface area contributed by atoms with Crippen molar-refractivity contribution in [2.45, 2.75) is 49.7 Å². The van der Waals surface area contributed by atoms with E-state index >= 15 is 0 Å². The molecule has 2 aliphatic carbocycles. The molecule has 0 aromatic heterocycles. The molecule has 7 rings (SSSR count). The van der Waals surface area contributed by atoms with Crippen molar-refractivity contribution in [3.05, 3.63) is 59.2 Å². The van der Waals surface area contributed by atoms with Crippen LogP contribution in [0.25, 0.3) is 0 Å². The molecule has 190 valence electrons. The summed E-state index contributed by atoms with van der Waals surface area (Å²) < 4.78 is 10.9. The molecule has 4 fully saturated rings. The Morgan fingerprint density at radius 1 is 1.08 bits per heavy atom. The lowest BCUT2D eigenvalue weighted by molar-refractivity contribution is -0.118. The number of carbonyl (C=O) groups excluding carboxylic acids is 1. The number of amides is 1. The average molecular weight is 489 g/mol. The van der Waals surface area contributed by atoms with E-state index in [-0.39, 0.29) is 11.3 Å². The highest BCUT2D eigenvalue weighted by atomic mass is 16.5. The number of nitrogens with zero attached hydrogens (tertiary/aromatic N) is 1. The second kappa shape index (κ2) is 8.84. The molecule has 36 heavy (non-hydrogen) atoms. The number of carbonyl (C=O) groups is 1. The minimum absolute atomic E-state index is 0.186. The van der Waals surface area contributed by atoms with Crippen molar-refractivity contribution in [2.75, 3.05) is 38.7 Å². The molecule has 4 unspecified atom stereocenters. The zero-order valence-electron chi connectivity index (χ0n) is 21.0. The molecule has 0 bridgehead atoms. The summed E-state index contributed by atoms with van der Waals surface area (Å²) in [6.07, 6.45) is 4.47. The second-order valence-electron chi connectivity index (χ2n) is 11.4. The molecule has 3 heterocycles. The summed E-state index contributed by atoms with van der Waals surface area (Å²) in [6, 6.07) is 16.0. The molecule has 2 saturated heterocycles. The summed E-state index contributed by atoms with van der Waals surface area (Å²) in [5, 5.41) is 3.14. The smallest absolute Gasteiger partial charge is 0.235 e. The number of morpholine rings is 1. The number of nitrogens with one attached hydrogen (secondary N) is 3. The van der Waals surface area contributed by atoms with Gasteiger partial charge in [-0.25, -0.2) is 5.43 Å². The Balaban J connectivity index is 1.01. The summed E-state index contributed by atoms with van der Waals surface area (Å²) in [4.78, 5) is 15.6. The van der Waals surface area contributed by atoms with E-state index in [9.17, 15) is 4.79 Å². The maximum Gasteiger partial charge on any atom is 0.235 e. The zero-order valence-corrected chi connectivity index (χ0v) is 21.0. The number of rotatable bonds is 5. The maximum absolute atomic E-state index is 13.1. The predicted octanol–water partition coefficient (Wildman–Crippen LogP) is 3.37. The predicted molar refractivity (Wildman–Crippen MR) is 138 cm³/mol. The van der Waals surface area contributed by atoms with Gasteiger partial charge in [0.1, 0.15) is 5.75 Å². The number of anilines is 1. The van der Waals surface area contributed by atoms with E-state index < -0.39 is 0 Å². The van der Waals surface area contributed by atoms with Gasteiger partial charge in [0.25, 0.3) is 0 Å². The van der Waals surface area contributed by atoms with Gasteiger partial charge in [0.15, 0.2) is 0 Å². The fraction of sp³-hybridized carbons (Fsp3) is 0.552. The van der Waals surface area contributed by atoms with Crippen LogP contribution in [0.5, 0.6) is 5.75 Å². The number of ether oxygens (including phenoxy) is 2. The highest BCUT2D eigenvalue weighted by Crippen LogP contribution is 2.65. The largest absolute Gasteiger partial charge is 0.497 e. The van der Waals surface area contributed by atoms with Crippen LogP contribution in [0.15, 0.2) is 42.5 Å². The first-order chi connectivity index (χ1) is 17.7. The first-order valence-corrected chi connectivity index (χ1v) is 13.6. The highest BCUT2D eigenvalue weighted by molar-refractivity contribution is 6.09. The van der Waals surface area contributed by atoms with Crippen LogP contribution >= 0.6 is 0 Å². The minimum atomic E-state index is -0.344. The number of methoxy groups -OCH3 is 1. The summed E-state index contributed by atoms with van der Waals surface area (Å²) in [7, 11) is 1.69. The average Bonchev–Trinajstić information content (AvgIpc) is 3.44. The van der Waals surface area contributed by atoms with E-state index in [1.807, 2.05) is 12.1 Å². The highest BCUT2D eigenvalue weighted by Gasteiger charge is 2.67. The van der Waals surface area contributed by atoms with Crippen molar-refractivity contribution < 1.29 is 14.3 Å². The topological polar surface area (TPSA) is 74.9 Å². The van der Waals surface area contributed by atoms with E-state index in [1.165, 1.54) is 24.0 Å². The van der Waals surface area contributed by atoms with Crippen LogP contribution in [-0.4, -0.2) is 50.3 Å². The Labute approximate surface area is 212 Å². The number of hydrazine groups is 1. The van der Waals surface area contributed by atoms with Gasteiger partial charge in [0, 0.05) is 31.4 Å². The third-order valence-corrected chi connectivity index (χ3v) is 9.59. The molecule has 3 aliphatic heterocycles. The van der Waals surface area contributed by atoms with Gasteiger partial charge >= 0.3 is 0 Å². The molecule has 5 aliphatic rings. The van der Waals surface area contributed by atoms with Crippen LogP contribution in [0.4, 0.5) is 5.69 Å². The molecule has 1 spiro atoms. The van der Waals surface area contributed by atoms with Crippen molar-refractivity contribution in [3.63, 3.8) is 0 Å². The summed E-state index contributed by atoms with van der Waals surface area (Å²) in [5.41, 5.74) is 11.8. The Morgan fingerprint density at radius 3 is 2.72 bits per heavy atom. The molecule has 3 N–H and O–H groups in total. The second-order valence-corrected chi connectivity index (χ2v) is 11.4. The third kappa shape index (κ3) is 3.67. The van der Waals surface area contributed by atoms with Crippen LogP contribution in [-0.2, 0) is 21.5 Å². The van der Waals surface area contributed by atoms with E-state index in [4.69, 9.17) is 9.47 Å². The first kappa shape index (κ1) is 22.7. The molecule has 2 aromatic rings. The van der Waals surface area contributed by atoms with Crippen molar-refractivity contribution in [1.29, 1.82) is 0 Å². The summed E-state index contributed by atoms with van der Waals surface area (Å²) in [5.74, 6) is 2.60. The quantitative estimate of drug-likeness (QED) is 0.599. The third-order valence-electron chi connectivity index (χ3n) is 9.59. The molecule has 0 radical (unpaired) electrons. The lowest BCUT2D eigenvalue weighted by Crippen LogP contribution is -2.37. The summed E-state index contributed by atoms with van der Waals surface area (Å²) in [6.45, 7) is 4.72. The van der Waals surface area contributed by atoms with E-state index in [0.717, 1.165) is 62.7 Å². The van der Waals surface area contributed by atoms with Crippen molar-refractivity contribution >= 4 is 11.6 Å². The molecule has 7 nitrogen and oxygen atoms in total. The van der Waals surface area contributed by atoms with Crippen molar-refractivity contribution in [3.8, 4) is 5.75 Å². The van der Waals surface area contributed by atoms with Gasteiger partial charge in [0.2, 0.25) is 5.91 Å². The van der Waals surface area contributed by atoms with Crippen molar-refractivity contribution in [2.24, 2.45) is 17.8 Å². The van der Waals surface area contributed by atoms with Gasteiger partial charge in [-0.05, 0) is 78.3 Å². The minimum Gasteiger partial charge on any atom is -0.497 e. The lowest BCUT2D eigenvalue weighted by atomic mass is 9.72. The fourth-order valence-corrected chi connectivity index (χ4v) is 7.55. The zero-order chi connectivity index (χ0) is 24.3. The van der Waals surface area contributed by atoms with E-state index in [2.05, 4.69) is 51.4 Å². The maximum atomic E-state index is 13.1. The van der Waals surface area contributed by atoms with Gasteiger partial charge in [-0.15, -0.1) is 0 Å². The van der Waals surface area contributed by atoms with Crippen LogP contribution in [0, 0.1) is 17.8 Å². The van der Waals surface area contributed by atoms with Gasteiger partial charge in [-0.1, -0.05) is 24.3 Å². The summed E-state index contributed by atoms with van der Waals surface area (Å²) >= 11 is 0. The molecular formula is C29H36N4O3. The van der Waals surface area contributed by atoms with Gasteiger partial charge in [-0.2, -0.15) is 0 Å². The number of hydrogen-bond donors (Lipinski definition) is 3. The van der Waals surface area contributed by atoms with Crippen LogP contribution in [0.2, 0.25) is 0 Å². The first-order valence-electron chi connectivity index (χ1n) is 13.6. The standard InChI is InChI=1S/C29H36N4O3/c1-35-21-7-9-25-23(15-21)29(28(34)30-25)16-24(29)20-6-8-22-26(14-20)31-32-27(22)19-4-2-18(3-5-19)17-33-10-12-36-13-11-33/h2-5,7,9,15,20,22,24,26-27,31-32H,6,8,10-14,16-17H2,1H3,(H,30,34)/t20?,22?,24-,26?,27?,29-/m0/s1. The molecule has 7 heteroatoms. The lowest BCUT2D eigenvalue weighted by Gasteiger charge is -2.34. The van der Waals surface area contributed by atoms with Gasteiger partial charge in [-0.3, -0.25) is 15.1 Å². The number of hydrogen-bond acceptors (Lipinski definition) is 6. The molecule has 6 atom stereocenters. The normalized spacial score (nSPS) is 35.4. The van der Waals surface area contributed by atoms with Gasteiger partial charge < -0.3 is 14.8 Å². The number of benzene rings is 2. The van der Waals surface area contributed by atoms with Gasteiger partial charge in [0.05, 0.1) is 31.8 Å². The molecular weight excluding hydrogens is 452 g/mol. The Hall–Kier alpha value is -2.45. The van der Waals surface area contributed by atoms with E-state index in [1.54, 1.807) is 7.11 Å². The fourth-order valence-electron chi connectivity index (χ4n) is 7.55. The van der Waals surface area contributed by atoms with E-state index in [0.29, 0.717) is 29.8 Å². The Kier molecular flexibility index (Phi) is 5.58. The van der Waals surface area contributed by atoms with Crippen LogP contribution in [0.1, 0.15) is 48.4 Å². The molecule has 2 aromatic carbocycles.